The number of aliphatic imine (C=N–C) groups is 1. The summed E-state index contributed by atoms with van der Waals surface area (Å²) in [7, 11) is -1.67. The number of carbonyl (C=O) groups is 1. The van der Waals surface area contributed by atoms with E-state index in [1.807, 2.05) is 0 Å². The van der Waals surface area contributed by atoms with Crippen molar-refractivity contribution in [2.24, 2.45) is 4.99 Å². The van der Waals surface area contributed by atoms with Gasteiger partial charge in [-0.3, -0.25) is 4.79 Å². The van der Waals surface area contributed by atoms with Crippen LogP contribution >= 0.6 is 23.4 Å². The van der Waals surface area contributed by atoms with Gasteiger partial charge in [0.15, 0.2) is 15.0 Å². The van der Waals surface area contributed by atoms with E-state index < -0.39 is 27.6 Å². The number of methoxy groups -OCH3 is 1. The van der Waals surface area contributed by atoms with Crippen molar-refractivity contribution in [2.45, 2.75) is 11.3 Å². The monoisotopic (exact) mass is 454 g/mol. The van der Waals surface area contributed by atoms with E-state index >= 15 is 0 Å². The molecule has 0 aromatic heterocycles. The van der Waals surface area contributed by atoms with Crippen molar-refractivity contribution in [3.05, 3.63) is 58.9 Å². The smallest absolute Gasteiger partial charge is 0.279 e. The summed E-state index contributed by atoms with van der Waals surface area (Å²) >= 11 is 7.17. The number of nitrogens with zero attached hydrogens (tertiary/aromatic N) is 2. The molecule has 0 N–H and O–H groups in total. The SMILES string of the molecule is COc1ccc(C(=O)N=C2SC3CS(=O)(=O)CC3N2c2ccc(F)c(Cl)c2)cc1. The molecule has 152 valence electrons. The lowest BCUT2D eigenvalue weighted by Gasteiger charge is -2.24. The van der Waals surface area contributed by atoms with Crippen LogP contribution in [0.1, 0.15) is 10.4 Å². The second-order valence-electron chi connectivity index (χ2n) is 6.70. The second kappa shape index (κ2) is 7.62. The highest BCUT2D eigenvalue weighted by atomic mass is 35.5. The Morgan fingerprint density at radius 1 is 1.24 bits per heavy atom. The van der Waals surface area contributed by atoms with Crippen LogP contribution in [0.5, 0.6) is 5.75 Å². The van der Waals surface area contributed by atoms with Gasteiger partial charge in [-0.25, -0.2) is 12.8 Å². The Balaban J connectivity index is 1.71. The summed E-state index contributed by atoms with van der Waals surface area (Å²) in [6, 6.07) is 10.3. The van der Waals surface area contributed by atoms with Crippen LogP contribution < -0.4 is 9.64 Å². The van der Waals surface area contributed by atoms with Crippen molar-refractivity contribution in [2.75, 3.05) is 23.5 Å². The Hall–Kier alpha value is -2.10. The Morgan fingerprint density at radius 2 is 1.97 bits per heavy atom. The van der Waals surface area contributed by atoms with Crippen molar-refractivity contribution >= 4 is 50.0 Å². The van der Waals surface area contributed by atoms with Gasteiger partial charge in [-0.2, -0.15) is 4.99 Å². The van der Waals surface area contributed by atoms with Gasteiger partial charge in [0.05, 0.1) is 29.7 Å². The number of hydrogen-bond acceptors (Lipinski definition) is 5. The molecule has 2 aliphatic heterocycles. The maximum atomic E-state index is 13.6. The minimum absolute atomic E-state index is 0.00348. The third-order valence-electron chi connectivity index (χ3n) is 4.78. The number of fused-ring (bicyclic) bond motifs is 1. The molecular formula is C19H16ClFN2O4S2. The number of amidine groups is 1. The third-order valence-corrected chi connectivity index (χ3v) is 8.28. The molecule has 2 aromatic carbocycles. The summed E-state index contributed by atoms with van der Waals surface area (Å²) in [5.74, 6) is -0.479. The zero-order chi connectivity index (χ0) is 20.8. The number of carbonyl (C=O) groups excluding carboxylic acids is 1. The van der Waals surface area contributed by atoms with Crippen LogP contribution in [0.25, 0.3) is 0 Å². The number of halogens is 2. The van der Waals surface area contributed by atoms with E-state index in [4.69, 9.17) is 16.3 Å². The molecule has 0 saturated carbocycles. The molecular weight excluding hydrogens is 439 g/mol. The fourth-order valence-corrected chi connectivity index (χ4v) is 7.47. The second-order valence-corrected chi connectivity index (χ2v) is 10.5. The average molecular weight is 455 g/mol. The normalized spacial score (nSPS) is 24.0. The number of rotatable bonds is 3. The fraction of sp³-hybridized carbons (Fsp3) is 0.263. The van der Waals surface area contributed by atoms with E-state index in [-0.39, 0.29) is 21.8 Å². The number of ether oxygens (including phenoxy) is 1. The van der Waals surface area contributed by atoms with Gasteiger partial charge in [0.1, 0.15) is 11.6 Å². The van der Waals surface area contributed by atoms with Crippen LogP contribution in [0.2, 0.25) is 5.02 Å². The van der Waals surface area contributed by atoms with Crippen molar-refractivity contribution in [3.8, 4) is 5.75 Å². The maximum Gasteiger partial charge on any atom is 0.279 e. The van der Waals surface area contributed by atoms with Gasteiger partial charge < -0.3 is 9.64 Å². The van der Waals surface area contributed by atoms with Crippen molar-refractivity contribution in [1.82, 2.24) is 0 Å². The molecule has 2 aliphatic rings. The zero-order valence-electron chi connectivity index (χ0n) is 15.2. The first-order valence-electron chi connectivity index (χ1n) is 8.66. The van der Waals surface area contributed by atoms with Crippen molar-refractivity contribution in [3.63, 3.8) is 0 Å². The molecule has 1 amide bonds. The van der Waals surface area contributed by atoms with E-state index in [1.54, 1.807) is 29.2 Å². The minimum atomic E-state index is -3.20. The van der Waals surface area contributed by atoms with E-state index in [9.17, 15) is 17.6 Å². The molecule has 10 heteroatoms. The summed E-state index contributed by atoms with van der Waals surface area (Å²) in [5.41, 5.74) is 0.871. The summed E-state index contributed by atoms with van der Waals surface area (Å²) in [5, 5.41) is 0.0299. The highest BCUT2D eigenvalue weighted by Crippen LogP contribution is 2.41. The first-order valence-corrected chi connectivity index (χ1v) is 11.7. The fourth-order valence-electron chi connectivity index (χ4n) is 3.39. The highest BCUT2D eigenvalue weighted by molar-refractivity contribution is 8.16. The quantitative estimate of drug-likeness (QED) is 0.707. The molecule has 2 atom stereocenters. The summed E-state index contributed by atoms with van der Waals surface area (Å²) in [4.78, 5) is 18.6. The van der Waals surface area contributed by atoms with Gasteiger partial charge in [-0.15, -0.1) is 0 Å². The number of anilines is 1. The van der Waals surface area contributed by atoms with Crippen LogP contribution in [0, 0.1) is 5.82 Å². The number of sulfone groups is 1. The molecule has 2 aromatic rings. The molecule has 0 aliphatic carbocycles. The predicted molar refractivity (Wildman–Crippen MR) is 112 cm³/mol. The molecule has 2 fully saturated rings. The Labute approximate surface area is 176 Å². The maximum absolute atomic E-state index is 13.6. The Morgan fingerprint density at radius 3 is 2.62 bits per heavy atom. The lowest BCUT2D eigenvalue weighted by molar-refractivity contribution is 0.100. The molecule has 0 radical (unpaired) electrons. The molecule has 2 unspecified atom stereocenters. The molecule has 0 spiro atoms. The molecule has 4 rings (SSSR count). The van der Waals surface area contributed by atoms with Gasteiger partial charge in [-0.1, -0.05) is 23.4 Å². The molecule has 0 bridgehead atoms. The summed E-state index contributed by atoms with van der Waals surface area (Å²) in [6.07, 6.45) is 0. The lowest BCUT2D eigenvalue weighted by atomic mass is 10.2. The number of benzene rings is 2. The largest absolute Gasteiger partial charge is 0.497 e. The van der Waals surface area contributed by atoms with E-state index in [2.05, 4.69) is 4.99 Å². The third kappa shape index (κ3) is 3.99. The minimum Gasteiger partial charge on any atom is -0.497 e. The highest BCUT2D eigenvalue weighted by Gasteiger charge is 2.49. The molecule has 2 saturated heterocycles. The van der Waals surface area contributed by atoms with Gasteiger partial charge in [-0.05, 0) is 42.5 Å². The van der Waals surface area contributed by atoms with Crippen LogP contribution in [-0.4, -0.2) is 49.4 Å². The number of hydrogen-bond donors (Lipinski definition) is 0. The van der Waals surface area contributed by atoms with E-state index in [1.165, 1.54) is 37.1 Å². The topological polar surface area (TPSA) is 76.0 Å². The van der Waals surface area contributed by atoms with Gasteiger partial charge >= 0.3 is 0 Å². The van der Waals surface area contributed by atoms with Crippen molar-refractivity contribution in [1.29, 1.82) is 0 Å². The molecule has 6 nitrogen and oxygen atoms in total. The van der Waals surface area contributed by atoms with E-state index in [0.717, 1.165) is 0 Å². The van der Waals surface area contributed by atoms with Crippen LogP contribution in [-0.2, 0) is 9.84 Å². The lowest BCUT2D eigenvalue weighted by Crippen LogP contribution is -2.37. The van der Waals surface area contributed by atoms with Gasteiger partial charge in [0.2, 0.25) is 0 Å². The Bertz CT molecular complexity index is 1110. The standard InChI is InChI=1S/C19H16ClFN2O4S2/c1-27-13-5-2-11(3-6-13)18(24)22-19-23(12-4-7-15(21)14(20)8-12)16-9-29(25,26)10-17(16)28-19/h2-8,16-17H,9-10H2,1H3. The zero-order valence-corrected chi connectivity index (χ0v) is 17.6. The number of amides is 1. The molecule has 2 heterocycles. The predicted octanol–water partition coefficient (Wildman–Crippen LogP) is 3.40. The summed E-state index contributed by atoms with van der Waals surface area (Å²) in [6.45, 7) is 0. The Kier molecular flexibility index (Phi) is 5.30. The number of thioether (sulfide) groups is 1. The van der Waals surface area contributed by atoms with Crippen LogP contribution in [0.3, 0.4) is 0 Å². The van der Waals surface area contributed by atoms with Crippen LogP contribution in [0.15, 0.2) is 47.5 Å². The van der Waals surface area contributed by atoms with Crippen molar-refractivity contribution < 1.29 is 22.3 Å². The van der Waals surface area contributed by atoms with Crippen LogP contribution in [0.4, 0.5) is 10.1 Å². The summed E-state index contributed by atoms with van der Waals surface area (Å²) < 4.78 is 42.9. The molecule has 29 heavy (non-hydrogen) atoms. The first-order chi connectivity index (χ1) is 13.8. The van der Waals surface area contributed by atoms with E-state index in [0.29, 0.717) is 22.2 Å². The van der Waals surface area contributed by atoms with Gasteiger partial charge in [0.25, 0.3) is 5.91 Å². The van der Waals surface area contributed by atoms with Gasteiger partial charge in [0, 0.05) is 16.5 Å². The average Bonchev–Trinajstić information content (AvgIpc) is 3.15. The first kappa shape index (κ1) is 20.2.